The second-order valence-electron chi connectivity index (χ2n) is 4.03. The van der Waals surface area contributed by atoms with E-state index in [-0.39, 0.29) is 0 Å². The third-order valence-corrected chi connectivity index (χ3v) is 3.87. The molecule has 5 nitrogen and oxygen atoms in total. The molecule has 3 aromatic rings. The molecule has 3 rings (SSSR count). The van der Waals surface area contributed by atoms with Crippen molar-refractivity contribution in [3.63, 3.8) is 0 Å². The molecule has 2 aromatic heterocycles. The molecule has 0 unspecified atom stereocenters. The van der Waals surface area contributed by atoms with Gasteiger partial charge in [0.05, 0.1) is 11.0 Å². The van der Waals surface area contributed by atoms with E-state index in [0.29, 0.717) is 5.75 Å². The largest absolute Gasteiger partial charge is 0.322 e. The fourth-order valence-electron chi connectivity index (χ4n) is 1.77. The van der Waals surface area contributed by atoms with Crippen LogP contribution < -0.4 is 0 Å². The van der Waals surface area contributed by atoms with Crippen LogP contribution in [0.15, 0.2) is 34.1 Å². The van der Waals surface area contributed by atoms with Crippen molar-refractivity contribution in [2.75, 3.05) is 0 Å². The van der Waals surface area contributed by atoms with Crippen LogP contribution in [0.5, 0.6) is 0 Å². The first-order valence-corrected chi connectivity index (χ1v) is 6.56. The minimum Gasteiger partial charge on any atom is -0.322 e. The van der Waals surface area contributed by atoms with Gasteiger partial charge in [0.25, 0.3) is 0 Å². The lowest BCUT2D eigenvalue weighted by Gasteiger charge is -2.00. The summed E-state index contributed by atoms with van der Waals surface area (Å²) in [7, 11) is 2.02. The SMILES string of the molecule is Cc1nonc1CSc1nc2ccccc2n1C. The average Bonchev–Trinajstić information content (AvgIpc) is 2.92. The second-order valence-corrected chi connectivity index (χ2v) is 4.97. The summed E-state index contributed by atoms with van der Waals surface area (Å²) < 4.78 is 6.77. The maximum atomic E-state index is 4.68. The van der Waals surface area contributed by atoms with Crippen molar-refractivity contribution < 1.29 is 4.63 Å². The van der Waals surface area contributed by atoms with Crippen LogP contribution in [0.1, 0.15) is 11.4 Å². The Morgan fingerprint density at radius 2 is 2.11 bits per heavy atom. The van der Waals surface area contributed by atoms with E-state index in [2.05, 4.69) is 30.6 Å². The van der Waals surface area contributed by atoms with Gasteiger partial charge in [-0.3, -0.25) is 0 Å². The van der Waals surface area contributed by atoms with Crippen LogP contribution in [0.25, 0.3) is 11.0 Å². The molecule has 18 heavy (non-hydrogen) atoms. The van der Waals surface area contributed by atoms with Gasteiger partial charge in [-0.2, -0.15) is 0 Å². The highest BCUT2D eigenvalue weighted by Crippen LogP contribution is 2.25. The smallest absolute Gasteiger partial charge is 0.169 e. The normalized spacial score (nSPS) is 11.2. The summed E-state index contributed by atoms with van der Waals surface area (Å²) in [5, 5.41) is 8.61. The van der Waals surface area contributed by atoms with Crippen LogP contribution in [0.2, 0.25) is 0 Å². The first kappa shape index (κ1) is 11.3. The van der Waals surface area contributed by atoms with E-state index in [9.17, 15) is 0 Å². The van der Waals surface area contributed by atoms with E-state index < -0.39 is 0 Å². The summed E-state index contributed by atoms with van der Waals surface area (Å²) in [5.74, 6) is 0.715. The lowest BCUT2D eigenvalue weighted by Crippen LogP contribution is -1.92. The van der Waals surface area contributed by atoms with Crippen LogP contribution >= 0.6 is 11.8 Å². The van der Waals surface area contributed by atoms with Crippen LogP contribution in [-0.4, -0.2) is 19.9 Å². The molecular weight excluding hydrogens is 248 g/mol. The van der Waals surface area contributed by atoms with E-state index in [4.69, 9.17) is 0 Å². The summed E-state index contributed by atoms with van der Waals surface area (Å²) in [5.41, 5.74) is 3.85. The summed E-state index contributed by atoms with van der Waals surface area (Å²) in [6.45, 7) is 1.89. The number of aryl methyl sites for hydroxylation is 2. The number of imidazole rings is 1. The van der Waals surface area contributed by atoms with Crippen molar-refractivity contribution in [2.45, 2.75) is 17.8 Å². The number of nitrogens with zero attached hydrogens (tertiary/aromatic N) is 4. The van der Waals surface area contributed by atoms with Gasteiger partial charge in [-0.05, 0) is 19.1 Å². The highest BCUT2D eigenvalue weighted by atomic mass is 32.2. The Bertz CT molecular complexity index is 688. The highest BCUT2D eigenvalue weighted by Gasteiger charge is 2.10. The number of thioether (sulfide) groups is 1. The predicted molar refractivity (Wildman–Crippen MR) is 69.3 cm³/mol. The topological polar surface area (TPSA) is 56.7 Å². The molecular formula is C12H12N4OS. The predicted octanol–water partition coefficient (Wildman–Crippen LogP) is 2.56. The van der Waals surface area contributed by atoms with E-state index in [1.54, 1.807) is 11.8 Å². The van der Waals surface area contributed by atoms with Crippen molar-refractivity contribution in [3.8, 4) is 0 Å². The van der Waals surface area contributed by atoms with Crippen LogP contribution in [0.3, 0.4) is 0 Å². The van der Waals surface area contributed by atoms with Crippen LogP contribution in [0.4, 0.5) is 0 Å². The Balaban J connectivity index is 1.87. The first-order valence-electron chi connectivity index (χ1n) is 5.58. The number of aromatic nitrogens is 4. The van der Waals surface area contributed by atoms with E-state index in [0.717, 1.165) is 27.6 Å². The summed E-state index contributed by atoms with van der Waals surface area (Å²) in [6.07, 6.45) is 0. The molecule has 1 aromatic carbocycles. The lowest BCUT2D eigenvalue weighted by atomic mass is 10.3. The van der Waals surface area contributed by atoms with E-state index in [1.165, 1.54) is 0 Å². The molecule has 6 heteroatoms. The molecule has 0 radical (unpaired) electrons. The zero-order valence-corrected chi connectivity index (χ0v) is 10.9. The molecule has 92 valence electrons. The fourth-order valence-corrected chi connectivity index (χ4v) is 2.75. The Labute approximate surface area is 108 Å². The van der Waals surface area contributed by atoms with Gasteiger partial charge in [-0.1, -0.05) is 34.2 Å². The summed E-state index contributed by atoms with van der Waals surface area (Å²) >= 11 is 1.63. The number of hydrogen-bond acceptors (Lipinski definition) is 5. The van der Waals surface area contributed by atoms with E-state index in [1.807, 2.05) is 32.2 Å². The molecule has 0 saturated carbocycles. The molecule has 0 aliphatic carbocycles. The maximum absolute atomic E-state index is 4.68. The molecule has 0 spiro atoms. The molecule has 0 bridgehead atoms. The van der Waals surface area contributed by atoms with Gasteiger partial charge in [-0.25, -0.2) is 9.61 Å². The monoisotopic (exact) mass is 260 g/mol. The van der Waals surface area contributed by atoms with Crippen molar-refractivity contribution in [1.29, 1.82) is 0 Å². The zero-order chi connectivity index (χ0) is 12.5. The van der Waals surface area contributed by atoms with Crippen molar-refractivity contribution >= 4 is 22.8 Å². The molecule has 2 heterocycles. The average molecular weight is 260 g/mol. The Morgan fingerprint density at radius 3 is 2.83 bits per heavy atom. The van der Waals surface area contributed by atoms with Crippen LogP contribution in [-0.2, 0) is 12.8 Å². The van der Waals surface area contributed by atoms with Gasteiger partial charge in [0, 0.05) is 12.8 Å². The summed E-state index contributed by atoms with van der Waals surface area (Å²) in [6, 6.07) is 8.09. The molecule has 0 saturated heterocycles. The quantitative estimate of drug-likeness (QED) is 0.677. The molecule has 0 aliphatic heterocycles. The van der Waals surface area contributed by atoms with Gasteiger partial charge in [0.2, 0.25) is 0 Å². The molecule has 0 atom stereocenters. The highest BCUT2D eigenvalue weighted by molar-refractivity contribution is 7.98. The van der Waals surface area contributed by atoms with Gasteiger partial charge in [0.15, 0.2) is 5.16 Å². The van der Waals surface area contributed by atoms with Crippen LogP contribution in [0, 0.1) is 6.92 Å². The Morgan fingerprint density at radius 1 is 1.28 bits per heavy atom. The number of para-hydroxylation sites is 2. The Kier molecular flexibility index (Phi) is 2.79. The van der Waals surface area contributed by atoms with E-state index >= 15 is 0 Å². The zero-order valence-electron chi connectivity index (χ0n) is 10.1. The van der Waals surface area contributed by atoms with Gasteiger partial charge < -0.3 is 4.57 Å². The third kappa shape index (κ3) is 1.88. The molecule has 0 fully saturated rings. The number of hydrogen-bond donors (Lipinski definition) is 0. The van der Waals surface area contributed by atoms with Gasteiger partial charge in [0.1, 0.15) is 11.4 Å². The minimum absolute atomic E-state index is 0.715. The third-order valence-electron chi connectivity index (χ3n) is 2.83. The maximum Gasteiger partial charge on any atom is 0.169 e. The fraction of sp³-hybridized carbons (Fsp3) is 0.250. The lowest BCUT2D eigenvalue weighted by molar-refractivity contribution is 0.302. The van der Waals surface area contributed by atoms with Crippen molar-refractivity contribution in [1.82, 2.24) is 19.9 Å². The molecule has 0 N–H and O–H groups in total. The second kappa shape index (κ2) is 4.45. The summed E-state index contributed by atoms with van der Waals surface area (Å²) in [4.78, 5) is 4.59. The number of fused-ring (bicyclic) bond motifs is 1. The van der Waals surface area contributed by atoms with Gasteiger partial charge in [-0.15, -0.1) is 0 Å². The molecule has 0 aliphatic rings. The van der Waals surface area contributed by atoms with Crippen molar-refractivity contribution in [3.05, 3.63) is 35.7 Å². The van der Waals surface area contributed by atoms with Gasteiger partial charge >= 0.3 is 0 Å². The standard InChI is InChI=1S/C12H12N4OS/c1-8-10(15-17-14-8)7-18-12-13-9-5-3-4-6-11(9)16(12)2/h3-6H,7H2,1-2H3. The number of rotatable bonds is 3. The Hall–Kier alpha value is -1.82. The molecule has 0 amide bonds. The van der Waals surface area contributed by atoms with Crippen molar-refractivity contribution in [2.24, 2.45) is 7.05 Å². The number of benzene rings is 1. The first-order chi connectivity index (χ1) is 8.75. The minimum atomic E-state index is 0.715.